The second kappa shape index (κ2) is 4.96. The highest BCUT2D eigenvalue weighted by atomic mass is 16.4. The van der Waals surface area contributed by atoms with Crippen molar-refractivity contribution >= 4 is 5.71 Å². The number of aliphatic hydroxyl groups excluding tert-OH is 1. The van der Waals surface area contributed by atoms with E-state index in [-0.39, 0.29) is 11.5 Å². The van der Waals surface area contributed by atoms with E-state index < -0.39 is 0 Å². The van der Waals surface area contributed by atoms with Crippen LogP contribution >= 0.6 is 0 Å². The molecule has 2 N–H and O–H groups in total. The average molecular weight is 305 g/mol. The number of hydrogen-bond acceptors (Lipinski definition) is 3. The first-order valence-electron chi connectivity index (χ1n) is 9.37. The Morgan fingerprint density at radius 2 is 1.73 bits per heavy atom. The van der Waals surface area contributed by atoms with Gasteiger partial charge in [0.05, 0.1) is 11.8 Å². The first-order valence-corrected chi connectivity index (χ1v) is 9.37. The Balaban J connectivity index is 1.62. The van der Waals surface area contributed by atoms with Gasteiger partial charge < -0.3 is 10.3 Å². The van der Waals surface area contributed by atoms with E-state index >= 15 is 0 Å². The summed E-state index contributed by atoms with van der Waals surface area (Å²) in [5.41, 5.74) is 1.65. The SMILES string of the molecule is C[C@]12CCC(=NO)C[C@@H]1CC[C@H]1[C@H]2CC[C@]2(C)[C@H](O)CC[C@H]12. The Labute approximate surface area is 134 Å². The maximum absolute atomic E-state index is 10.5. The van der Waals surface area contributed by atoms with Gasteiger partial charge in [0.25, 0.3) is 0 Å². The van der Waals surface area contributed by atoms with Gasteiger partial charge in [0, 0.05) is 0 Å². The molecule has 0 spiro atoms. The first-order chi connectivity index (χ1) is 10.5. The molecule has 0 aromatic carbocycles. The zero-order valence-electron chi connectivity index (χ0n) is 14.1. The third-order valence-electron chi connectivity index (χ3n) is 8.59. The number of rotatable bonds is 0. The second-order valence-electron chi connectivity index (χ2n) is 9.16. The number of aliphatic hydroxyl groups is 1. The molecule has 4 rings (SSSR count). The minimum atomic E-state index is -0.0662. The third-order valence-corrected chi connectivity index (χ3v) is 8.59. The van der Waals surface area contributed by atoms with Crippen LogP contribution < -0.4 is 0 Å². The fourth-order valence-electron chi connectivity index (χ4n) is 7.12. The van der Waals surface area contributed by atoms with Crippen LogP contribution in [-0.2, 0) is 0 Å². The lowest BCUT2D eigenvalue weighted by atomic mass is 9.45. The minimum Gasteiger partial charge on any atom is -0.411 e. The summed E-state index contributed by atoms with van der Waals surface area (Å²) in [5, 5.41) is 23.2. The highest BCUT2D eigenvalue weighted by Gasteiger charge is 2.59. The Morgan fingerprint density at radius 3 is 2.50 bits per heavy atom. The number of hydrogen-bond donors (Lipinski definition) is 2. The molecule has 22 heavy (non-hydrogen) atoms. The van der Waals surface area contributed by atoms with Gasteiger partial charge in [-0.15, -0.1) is 0 Å². The minimum absolute atomic E-state index is 0.0662. The molecule has 0 unspecified atom stereocenters. The van der Waals surface area contributed by atoms with E-state index in [9.17, 15) is 5.11 Å². The predicted molar refractivity (Wildman–Crippen MR) is 87.0 cm³/mol. The van der Waals surface area contributed by atoms with Crippen molar-refractivity contribution in [3.63, 3.8) is 0 Å². The molecule has 4 saturated carbocycles. The van der Waals surface area contributed by atoms with Crippen molar-refractivity contribution in [2.75, 3.05) is 0 Å². The van der Waals surface area contributed by atoms with E-state index in [1.807, 2.05) is 0 Å². The summed E-state index contributed by atoms with van der Waals surface area (Å²) in [5.74, 6) is 3.11. The lowest BCUT2D eigenvalue weighted by Gasteiger charge is -2.60. The van der Waals surface area contributed by atoms with Crippen molar-refractivity contribution in [2.45, 2.75) is 77.7 Å². The van der Waals surface area contributed by atoms with Crippen LogP contribution in [-0.4, -0.2) is 22.1 Å². The molecule has 3 nitrogen and oxygen atoms in total. The van der Waals surface area contributed by atoms with Crippen molar-refractivity contribution in [3.05, 3.63) is 0 Å². The van der Waals surface area contributed by atoms with Crippen molar-refractivity contribution in [1.82, 2.24) is 0 Å². The lowest BCUT2D eigenvalue weighted by Crippen LogP contribution is -2.54. The van der Waals surface area contributed by atoms with E-state index in [1.165, 1.54) is 38.5 Å². The molecule has 0 aliphatic heterocycles. The van der Waals surface area contributed by atoms with Crippen LogP contribution in [0.2, 0.25) is 0 Å². The summed E-state index contributed by atoms with van der Waals surface area (Å²) in [6.07, 6.45) is 10.5. The molecular formula is C19H31NO2. The van der Waals surface area contributed by atoms with Crippen LogP contribution in [0.4, 0.5) is 0 Å². The van der Waals surface area contributed by atoms with Crippen molar-refractivity contribution in [1.29, 1.82) is 0 Å². The molecule has 7 atom stereocenters. The van der Waals surface area contributed by atoms with E-state index in [0.29, 0.717) is 11.3 Å². The van der Waals surface area contributed by atoms with Gasteiger partial charge in [0.1, 0.15) is 0 Å². The molecular weight excluding hydrogens is 274 g/mol. The fraction of sp³-hybridized carbons (Fsp3) is 0.947. The van der Waals surface area contributed by atoms with Gasteiger partial charge in [0.15, 0.2) is 0 Å². The second-order valence-corrected chi connectivity index (χ2v) is 9.16. The fourth-order valence-corrected chi connectivity index (χ4v) is 7.12. The quantitative estimate of drug-likeness (QED) is 0.520. The maximum atomic E-state index is 10.5. The Hall–Kier alpha value is -0.570. The molecule has 0 bridgehead atoms. The molecule has 0 aromatic rings. The van der Waals surface area contributed by atoms with Gasteiger partial charge in [-0.25, -0.2) is 0 Å². The van der Waals surface area contributed by atoms with Crippen LogP contribution in [0.15, 0.2) is 5.16 Å². The van der Waals surface area contributed by atoms with Gasteiger partial charge in [0.2, 0.25) is 0 Å². The third kappa shape index (κ3) is 1.87. The largest absolute Gasteiger partial charge is 0.411 e. The van der Waals surface area contributed by atoms with Crippen LogP contribution in [0.5, 0.6) is 0 Å². The summed E-state index contributed by atoms with van der Waals surface area (Å²) in [4.78, 5) is 0. The molecule has 0 aromatic heterocycles. The van der Waals surface area contributed by atoms with Gasteiger partial charge in [-0.05, 0) is 92.3 Å². The van der Waals surface area contributed by atoms with E-state index in [2.05, 4.69) is 19.0 Å². The monoisotopic (exact) mass is 305 g/mol. The van der Waals surface area contributed by atoms with Gasteiger partial charge in [-0.2, -0.15) is 0 Å². The normalized spacial score (nSPS) is 56.3. The maximum Gasteiger partial charge on any atom is 0.0596 e. The van der Waals surface area contributed by atoms with E-state index in [4.69, 9.17) is 5.21 Å². The standard InChI is InChI=1S/C19H31NO2/c1-18-9-7-13(20-22)11-12(18)3-4-14-15-5-6-17(21)19(15,2)10-8-16(14)18/h12,14-17,21-22H,3-11H2,1-2H3/t12-,14+,15+,16+,17+,18-,19-/m0/s1. The van der Waals surface area contributed by atoms with E-state index in [0.717, 1.165) is 42.7 Å². The highest BCUT2D eigenvalue weighted by Crippen LogP contribution is 2.65. The number of oxime groups is 1. The molecule has 0 radical (unpaired) electrons. The average Bonchev–Trinajstić information content (AvgIpc) is 2.82. The molecule has 0 saturated heterocycles. The van der Waals surface area contributed by atoms with Gasteiger partial charge in [-0.1, -0.05) is 19.0 Å². The molecule has 124 valence electrons. The first kappa shape index (κ1) is 15.0. The summed E-state index contributed by atoms with van der Waals surface area (Å²) in [6.45, 7) is 4.88. The Morgan fingerprint density at radius 1 is 0.955 bits per heavy atom. The zero-order chi connectivity index (χ0) is 15.5. The summed E-state index contributed by atoms with van der Waals surface area (Å²) >= 11 is 0. The molecule has 0 heterocycles. The Bertz CT molecular complexity index is 490. The highest BCUT2D eigenvalue weighted by molar-refractivity contribution is 5.85. The summed E-state index contributed by atoms with van der Waals surface area (Å²) in [7, 11) is 0. The predicted octanol–water partition coefficient (Wildman–Crippen LogP) is 4.22. The van der Waals surface area contributed by atoms with Crippen LogP contribution in [0, 0.1) is 34.5 Å². The van der Waals surface area contributed by atoms with Crippen LogP contribution in [0.3, 0.4) is 0 Å². The summed E-state index contributed by atoms with van der Waals surface area (Å²) < 4.78 is 0. The Kier molecular flexibility index (Phi) is 3.38. The topological polar surface area (TPSA) is 52.8 Å². The molecule has 0 amide bonds. The van der Waals surface area contributed by atoms with Crippen molar-refractivity contribution in [2.24, 2.45) is 39.7 Å². The lowest BCUT2D eigenvalue weighted by molar-refractivity contribution is -0.112. The number of nitrogens with zero attached hydrogens (tertiary/aromatic N) is 1. The van der Waals surface area contributed by atoms with Gasteiger partial charge >= 0.3 is 0 Å². The van der Waals surface area contributed by atoms with Crippen LogP contribution in [0.25, 0.3) is 0 Å². The van der Waals surface area contributed by atoms with Gasteiger partial charge in [-0.3, -0.25) is 0 Å². The summed E-state index contributed by atoms with van der Waals surface area (Å²) in [6, 6.07) is 0. The molecule has 4 fully saturated rings. The smallest absolute Gasteiger partial charge is 0.0596 e. The van der Waals surface area contributed by atoms with E-state index in [1.54, 1.807) is 0 Å². The molecule has 4 aliphatic carbocycles. The molecule has 3 heteroatoms. The zero-order valence-corrected chi connectivity index (χ0v) is 14.1. The molecule has 4 aliphatic rings. The number of fused-ring (bicyclic) bond motifs is 5. The van der Waals surface area contributed by atoms with Crippen molar-refractivity contribution in [3.8, 4) is 0 Å². The van der Waals surface area contributed by atoms with Crippen molar-refractivity contribution < 1.29 is 10.3 Å². The van der Waals surface area contributed by atoms with Crippen LogP contribution in [0.1, 0.15) is 71.6 Å².